The summed E-state index contributed by atoms with van der Waals surface area (Å²) in [7, 11) is 0. The van der Waals surface area contributed by atoms with Crippen LogP contribution in [0.25, 0.3) is 16.9 Å². The van der Waals surface area contributed by atoms with Crippen molar-refractivity contribution in [3.8, 4) is 11.3 Å². The summed E-state index contributed by atoms with van der Waals surface area (Å²) in [6.45, 7) is 5.20. The van der Waals surface area contributed by atoms with Gasteiger partial charge in [0.25, 0.3) is 0 Å². The number of hydrogen-bond donors (Lipinski definition) is 1. The highest BCUT2D eigenvalue weighted by atomic mass is 32.1. The molecule has 0 radical (unpaired) electrons. The molecule has 0 saturated carbocycles. The molecule has 2 N–H and O–H groups in total. The number of nitrogens with two attached hydrogens (primary N) is 1. The summed E-state index contributed by atoms with van der Waals surface area (Å²) in [4.78, 5) is 12.0. The first-order valence-corrected chi connectivity index (χ1v) is 12.9. The van der Waals surface area contributed by atoms with Gasteiger partial charge in [-0.2, -0.15) is 0 Å². The molecule has 3 aromatic heterocycles. The average molecular weight is 494 g/mol. The van der Waals surface area contributed by atoms with Crippen LogP contribution in [0.4, 0.5) is 10.1 Å². The molecule has 7 nitrogen and oxygen atoms in total. The van der Waals surface area contributed by atoms with Gasteiger partial charge < -0.3 is 20.1 Å². The number of aromatic nitrogens is 3. The van der Waals surface area contributed by atoms with E-state index in [2.05, 4.69) is 34.6 Å². The minimum Gasteiger partial charge on any atom is -0.370 e. The van der Waals surface area contributed by atoms with E-state index in [1.807, 2.05) is 5.38 Å². The third-order valence-corrected chi connectivity index (χ3v) is 7.91. The second-order valence-electron chi connectivity index (χ2n) is 9.06. The highest BCUT2D eigenvalue weighted by molar-refractivity contribution is 7.10. The van der Waals surface area contributed by atoms with Crippen molar-refractivity contribution < 1.29 is 13.9 Å². The minimum atomic E-state index is -0.417. The number of aryl methyl sites for hydroxylation is 1. The number of thiazole rings is 1. The molecule has 1 spiro atoms. The fraction of sp³-hybridized carbons (Fsp3) is 0.385. The van der Waals surface area contributed by atoms with E-state index in [1.165, 1.54) is 23.5 Å². The van der Waals surface area contributed by atoms with Crippen LogP contribution in [0, 0.1) is 5.82 Å². The van der Waals surface area contributed by atoms with Crippen molar-refractivity contribution in [3.05, 3.63) is 70.2 Å². The van der Waals surface area contributed by atoms with Crippen molar-refractivity contribution in [2.24, 2.45) is 5.73 Å². The maximum absolute atomic E-state index is 13.3. The van der Waals surface area contributed by atoms with Gasteiger partial charge in [-0.1, -0.05) is 6.92 Å². The van der Waals surface area contributed by atoms with E-state index >= 15 is 0 Å². The Labute approximate surface area is 207 Å². The van der Waals surface area contributed by atoms with Gasteiger partial charge in [0, 0.05) is 43.1 Å². The van der Waals surface area contributed by atoms with Crippen molar-refractivity contribution >= 4 is 22.7 Å². The van der Waals surface area contributed by atoms with Crippen molar-refractivity contribution in [1.82, 2.24) is 14.4 Å². The van der Waals surface area contributed by atoms with Crippen LogP contribution in [0.1, 0.15) is 42.2 Å². The number of piperidine rings is 1. The van der Waals surface area contributed by atoms with Crippen LogP contribution in [-0.2, 0) is 15.9 Å². The van der Waals surface area contributed by atoms with Gasteiger partial charge >= 0.3 is 0 Å². The van der Waals surface area contributed by atoms with Gasteiger partial charge in [-0.15, -0.1) is 11.3 Å². The van der Waals surface area contributed by atoms with Crippen LogP contribution in [0.5, 0.6) is 0 Å². The zero-order valence-electron chi connectivity index (χ0n) is 19.6. The van der Waals surface area contributed by atoms with Crippen LogP contribution >= 0.6 is 11.3 Å². The van der Waals surface area contributed by atoms with Gasteiger partial charge in [-0.25, -0.2) is 14.4 Å². The first kappa shape index (κ1) is 22.6. The molecule has 0 aliphatic carbocycles. The van der Waals surface area contributed by atoms with E-state index < -0.39 is 11.8 Å². The van der Waals surface area contributed by atoms with Crippen LogP contribution in [0.3, 0.4) is 0 Å². The second kappa shape index (κ2) is 8.98. The van der Waals surface area contributed by atoms with Gasteiger partial charge in [0.05, 0.1) is 42.0 Å². The summed E-state index contributed by atoms with van der Waals surface area (Å²) in [6, 6.07) is 10.1. The second-order valence-corrected chi connectivity index (χ2v) is 9.95. The van der Waals surface area contributed by atoms with Crippen LogP contribution in [0.15, 0.2) is 48.0 Å². The number of hydrogen-bond acceptors (Lipinski definition) is 7. The standard InChI is InChI=1S/C26H28FN5O2S/c1-2-20-24(23(28)25-30-21(16-35-25)17-3-5-18(27)6-4-17)32-15-19(7-8-22(32)29-20)31-11-9-26(10-12-31)33-13-14-34-26/h3-8,15-16,23H,2,9-14,28H2,1H3. The summed E-state index contributed by atoms with van der Waals surface area (Å²) in [6.07, 6.45) is 4.62. The molecule has 2 saturated heterocycles. The third kappa shape index (κ3) is 4.12. The number of halogens is 1. The summed E-state index contributed by atoms with van der Waals surface area (Å²) in [5.41, 5.74) is 12.4. The molecule has 2 aliphatic rings. The Morgan fingerprint density at radius 3 is 2.54 bits per heavy atom. The number of pyridine rings is 1. The molecule has 0 amide bonds. The Morgan fingerprint density at radius 1 is 1.09 bits per heavy atom. The molecular formula is C26H28FN5O2S. The van der Waals surface area contributed by atoms with E-state index in [-0.39, 0.29) is 5.82 Å². The molecule has 9 heteroatoms. The Hall–Kier alpha value is -2.85. The molecule has 4 aromatic rings. The van der Waals surface area contributed by atoms with E-state index in [4.69, 9.17) is 25.2 Å². The molecule has 2 aliphatic heterocycles. The normalized spacial score (nSPS) is 18.5. The molecular weight excluding hydrogens is 465 g/mol. The van der Waals surface area contributed by atoms with E-state index in [9.17, 15) is 4.39 Å². The van der Waals surface area contributed by atoms with Gasteiger partial charge in [-0.05, 0) is 42.8 Å². The monoisotopic (exact) mass is 493 g/mol. The van der Waals surface area contributed by atoms with Gasteiger partial charge in [-0.3, -0.25) is 4.40 Å². The maximum Gasteiger partial charge on any atom is 0.171 e. The van der Waals surface area contributed by atoms with Crippen LogP contribution < -0.4 is 10.6 Å². The molecule has 1 unspecified atom stereocenters. The maximum atomic E-state index is 13.3. The largest absolute Gasteiger partial charge is 0.370 e. The van der Waals surface area contributed by atoms with E-state index in [0.717, 1.165) is 71.3 Å². The fourth-order valence-electron chi connectivity index (χ4n) is 5.07. The first-order valence-electron chi connectivity index (χ1n) is 12.1. The lowest BCUT2D eigenvalue weighted by Crippen LogP contribution is -2.45. The van der Waals surface area contributed by atoms with Gasteiger partial charge in [0.2, 0.25) is 0 Å². The molecule has 1 aromatic carbocycles. The zero-order valence-corrected chi connectivity index (χ0v) is 20.4. The number of anilines is 1. The quantitative estimate of drug-likeness (QED) is 0.440. The van der Waals surface area contributed by atoms with Gasteiger partial charge in [0.1, 0.15) is 16.5 Å². The molecule has 35 heavy (non-hydrogen) atoms. The molecule has 0 bridgehead atoms. The lowest BCUT2D eigenvalue weighted by atomic mass is 10.0. The minimum absolute atomic E-state index is 0.262. The number of fused-ring (bicyclic) bond motifs is 1. The smallest absolute Gasteiger partial charge is 0.171 e. The average Bonchev–Trinajstić information content (AvgIpc) is 3.63. The van der Waals surface area contributed by atoms with Crippen molar-refractivity contribution in [2.75, 3.05) is 31.2 Å². The fourth-order valence-corrected chi connectivity index (χ4v) is 5.90. The van der Waals surface area contributed by atoms with Crippen molar-refractivity contribution in [1.29, 1.82) is 0 Å². The number of imidazole rings is 1. The highest BCUT2D eigenvalue weighted by Gasteiger charge is 2.40. The number of rotatable bonds is 5. The van der Waals surface area contributed by atoms with Gasteiger partial charge in [0.15, 0.2) is 5.79 Å². The van der Waals surface area contributed by atoms with Crippen LogP contribution in [-0.4, -0.2) is 46.5 Å². The van der Waals surface area contributed by atoms with Crippen molar-refractivity contribution in [3.63, 3.8) is 0 Å². The molecule has 1 atom stereocenters. The molecule has 2 fully saturated rings. The Bertz CT molecular complexity index is 1340. The first-order chi connectivity index (χ1) is 17.0. The predicted octanol–water partition coefficient (Wildman–Crippen LogP) is 4.55. The zero-order chi connectivity index (χ0) is 24.0. The number of nitrogens with zero attached hydrogens (tertiary/aromatic N) is 4. The Balaban J connectivity index is 1.31. The Morgan fingerprint density at radius 2 is 1.83 bits per heavy atom. The van der Waals surface area contributed by atoms with Crippen LogP contribution in [0.2, 0.25) is 0 Å². The summed E-state index contributed by atoms with van der Waals surface area (Å²) in [5, 5.41) is 2.78. The number of ether oxygens (including phenoxy) is 2. The van der Waals surface area contributed by atoms with Crippen molar-refractivity contribution in [2.45, 2.75) is 38.0 Å². The SMILES string of the molecule is CCc1nc2ccc(N3CCC4(CC3)OCCO4)cn2c1C(N)c1nc(-c2ccc(F)cc2)cs1. The summed E-state index contributed by atoms with van der Waals surface area (Å²) >= 11 is 1.52. The molecule has 5 heterocycles. The Kier molecular flexibility index (Phi) is 5.80. The third-order valence-electron chi connectivity index (χ3n) is 6.98. The highest BCUT2D eigenvalue weighted by Crippen LogP contribution is 2.35. The molecule has 6 rings (SSSR count). The predicted molar refractivity (Wildman–Crippen MR) is 134 cm³/mol. The molecule has 182 valence electrons. The summed E-state index contributed by atoms with van der Waals surface area (Å²) in [5.74, 6) is -0.659. The lowest BCUT2D eigenvalue weighted by Gasteiger charge is -2.38. The summed E-state index contributed by atoms with van der Waals surface area (Å²) < 4.78 is 27.2. The topological polar surface area (TPSA) is 77.9 Å². The van der Waals surface area contributed by atoms with E-state index in [1.54, 1.807) is 12.1 Å². The number of benzene rings is 1. The lowest BCUT2D eigenvalue weighted by molar-refractivity contribution is -0.169. The van der Waals surface area contributed by atoms with E-state index in [0.29, 0.717) is 13.2 Å².